The maximum atomic E-state index is 5.25. The minimum Gasteiger partial charge on any atom is -0.330 e. The molecule has 0 aromatic heterocycles. The molecule has 4 N–H and O–H groups in total. The van der Waals surface area contributed by atoms with Crippen LogP contribution in [0.4, 0.5) is 0 Å². The first-order valence-corrected chi connectivity index (χ1v) is 5.05. The van der Waals surface area contributed by atoms with E-state index in [0.29, 0.717) is 0 Å². The first-order chi connectivity index (χ1) is 3.91. The van der Waals surface area contributed by atoms with E-state index in [1.807, 2.05) is 0 Å². The minimum atomic E-state index is 0. The number of hydrogen-bond acceptors (Lipinski definition) is 4. The van der Waals surface area contributed by atoms with E-state index in [0.717, 1.165) is 24.6 Å². The van der Waals surface area contributed by atoms with Gasteiger partial charge < -0.3 is 11.5 Å². The molecule has 0 unspecified atom stereocenters. The SMILES string of the molecule is Cl.Cl.Cl.NCCSSCCN. The van der Waals surface area contributed by atoms with Crippen LogP contribution in [0.15, 0.2) is 0 Å². The van der Waals surface area contributed by atoms with Gasteiger partial charge in [-0.1, -0.05) is 21.6 Å². The Hall–Kier alpha value is 1.49. The summed E-state index contributed by atoms with van der Waals surface area (Å²) in [6.07, 6.45) is 0. The molecule has 0 radical (unpaired) electrons. The summed E-state index contributed by atoms with van der Waals surface area (Å²) in [6, 6.07) is 0. The van der Waals surface area contributed by atoms with Crippen molar-refractivity contribution >= 4 is 58.8 Å². The van der Waals surface area contributed by atoms with Crippen LogP contribution in [0.5, 0.6) is 0 Å². The zero-order chi connectivity index (χ0) is 6.24. The Balaban J connectivity index is -0.0000000817. The molecule has 7 heteroatoms. The maximum Gasteiger partial charge on any atom is 0.0160 e. The first kappa shape index (κ1) is 22.9. The minimum absolute atomic E-state index is 0. The second kappa shape index (κ2) is 22.5. The van der Waals surface area contributed by atoms with Gasteiger partial charge >= 0.3 is 0 Å². The van der Waals surface area contributed by atoms with Gasteiger partial charge in [-0.3, -0.25) is 0 Å². The van der Waals surface area contributed by atoms with Crippen molar-refractivity contribution in [2.75, 3.05) is 24.6 Å². The lowest BCUT2D eigenvalue weighted by atomic mass is 10.8. The fraction of sp³-hybridized carbons (Fsp3) is 1.00. The average Bonchev–Trinajstić information content (AvgIpc) is 1.81. The molecule has 0 aliphatic rings. The lowest BCUT2D eigenvalue weighted by molar-refractivity contribution is 1.15. The van der Waals surface area contributed by atoms with Crippen LogP contribution in [0.1, 0.15) is 0 Å². The zero-order valence-electron chi connectivity index (χ0n) is 6.02. The molecule has 0 rings (SSSR count). The predicted molar refractivity (Wildman–Crippen MR) is 64.8 cm³/mol. The average molecular weight is 262 g/mol. The molecule has 0 saturated heterocycles. The normalized spacial score (nSPS) is 7.09. The predicted octanol–water partition coefficient (Wildman–Crippen LogP) is 1.55. The highest BCUT2D eigenvalue weighted by Gasteiger charge is 1.84. The third kappa shape index (κ3) is 24.6. The summed E-state index contributed by atoms with van der Waals surface area (Å²) in [7, 11) is 3.58. The summed E-state index contributed by atoms with van der Waals surface area (Å²) in [4.78, 5) is 0. The van der Waals surface area contributed by atoms with Gasteiger partial charge in [-0.25, -0.2) is 0 Å². The molecule has 0 aliphatic heterocycles. The van der Waals surface area contributed by atoms with Crippen LogP contribution in [-0.2, 0) is 0 Å². The summed E-state index contributed by atoms with van der Waals surface area (Å²) >= 11 is 0. The number of nitrogens with two attached hydrogens (primary N) is 2. The molecule has 0 spiro atoms. The van der Waals surface area contributed by atoms with E-state index < -0.39 is 0 Å². The van der Waals surface area contributed by atoms with Crippen molar-refractivity contribution < 1.29 is 0 Å². The van der Waals surface area contributed by atoms with Crippen molar-refractivity contribution in [1.82, 2.24) is 0 Å². The van der Waals surface area contributed by atoms with Crippen LogP contribution in [0.2, 0.25) is 0 Å². The molecule has 0 aromatic carbocycles. The van der Waals surface area contributed by atoms with E-state index in [2.05, 4.69) is 0 Å². The molecule has 0 aliphatic carbocycles. The van der Waals surface area contributed by atoms with E-state index in [9.17, 15) is 0 Å². The molecule has 0 aromatic rings. The van der Waals surface area contributed by atoms with Crippen molar-refractivity contribution in [2.45, 2.75) is 0 Å². The van der Waals surface area contributed by atoms with Gasteiger partial charge in [-0.05, 0) is 0 Å². The summed E-state index contributed by atoms with van der Waals surface area (Å²) in [6.45, 7) is 1.53. The summed E-state index contributed by atoms with van der Waals surface area (Å²) in [5.41, 5.74) is 10.5. The van der Waals surface area contributed by atoms with E-state index in [-0.39, 0.29) is 37.2 Å². The fourth-order valence-corrected chi connectivity index (χ4v) is 1.93. The van der Waals surface area contributed by atoms with Crippen LogP contribution in [0.25, 0.3) is 0 Å². The van der Waals surface area contributed by atoms with Crippen LogP contribution >= 0.6 is 58.8 Å². The van der Waals surface area contributed by atoms with E-state index in [4.69, 9.17) is 11.5 Å². The third-order valence-electron chi connectivity index (χ3n) is 0.486. The van der Waals surface area contributed by atoms with Gasteiger partial charge in [0.15, 0.2) is 0 Å². The second-order valence-corrected chi connectivity index (χ2v) is 3.92. The van der Waals surface area contributed by atoms with Gasteiger partial charge in [0.25, 0.3) is 0 Å². The Morgan fingerprint density at radius 2 is 1.00 bits per heavy atom. The molecule has 0 fully saturated rings. The first-order valence-electron chi connectivity index (χ1n) is 2.56. The highest BCUT2D eigenvalue weighted by Crippen LogP contribution is 2.18. The van der Waals surface area contributed by atoms with E-state index in [1.54, 1.807) is 21.6 Å². The lowest BCUT2D eigenvalue weighted by Gasteiger charge is -1.93. The van der Waals surface area contributed by atoms with Gasteiger partial charge in [0.05, 0.1) is 0 Å². The molecule has 0 saturated carbocycles. The Bertz CT molecular complexity index is 46.3. The van der Waals surface area contributed by atoms with Crippen molar-refractivity contribution in [3.63, 3.8) is 0 Å². The highest BCUT2D eigenvalue weighted by molar-refractivity contribution is 8.76. The summed E-state index contributed by atoms with van der Waals surface area (Å²) in [5.74, 6) is 2.06. The van der Waals surface area contributed by atoms with E-state index in [1.165, 1.54) is 0 Å². The molecule has 2 nitrogen and oxygen atoms in total. The Morgan fingerprint density at radius 3 is 1.18 bits per heavy atom. The van der Waals surface area contributed by atoms with Gasteiger partial charge in [-0.15, -0.1) is 37.2 Å². The second-order valence-electron chi connectivity index (χ2n) is 1.22. The summed E-state index contributed by atoms with van der Waals surface area (Å²) < 4.78 is 0. The largest absolute Gasteiger partial charge is 0.330 e. The Labute approximate surface area is 94.6 Å². The molecular formula is C4H15Cl3N2S2. The van der Waals surface area contributed by atoms with Gasteiger partial charge in [0.2, 0.25) is 0 Å². The molecule has 11 heavy (non-hydrogen) atoms. The standard InChI is InChI=1S/C4H12N2S2.3ClH/c5-1-3-7-8-4-2-6;;;/h1-6H2;3*1H. The van der Waals surface area contributed by atoms with Crippen molar-refractivity contribution in [3.8, 4) is 0 Å². The number of halogens is 3. The smallest absolute Gasteiger partial charge is 0.0160 e. The van der Waals surface area contributed by atoms with Gasteiger partial charge in [0.1, 0.15) is 0 Å². The Kier molecular flexibility index (Phi) is 46.9. The van der Waals surface area contributed by atoms with Gasteiger partial charge in [0, 0.05) is 24.6 Å². The maximum absolute atomic E-state index is 5.25. The number of rotatable bonds is 5. The van der Waals surface area contributed by atoms with Crippen LogP contribution in [-0.4, -0.2) is 24.6 Å². The van der Waals surface area contributed by atoms with E-state index >= 15 is 0 Å². The topological polar surface area (TPSA) is 52.0 Å². The van der Waals surface area contributed by atoms with Crippen LogP contribution < -0.4 is 11.5 Å². The lowest BCUT2D eigenvalue weighted by Crippen LogP contribution is -2.02. The summed E-state index contributed by atoms with van der Waals surface area (Å²) in [5, 5.41) is 0. The van der Waals surface area contributed by atoms with Gasteiger partial charge in [-0.2, -0.15) is 0 Å². The van der Waals surface area contributed by atoms with Crippen molar-refractivity contribution in [2.24, 2.45) is 11.5 Å². The highest BCUT2D eigenvalue weighted by atomic mass is 35.5. The monoisotopic (exact) mass is 260 g/mol. The van der Waals surface area contributed by atoms with Crippen molar-refractivity contribution in [3.05, 3.63) is 0 Å². The van der Waals surface area contributed by atoms with Crippen LogP contribution in [0, 0.1) is 0 Å². The molecule has 0 atom stereocenters. The molecular weight excluding hydrogens is 247 g/mol. The van der Waals surface area contributed by atoms with Crippen molar-refractivity contribution in [1.29, 1.82) is 0 Å². The fourth-order valence-electron chi connectivity index (χ4n) is 0.214. The molecule has 0 heterocycles. The molecule has 0 bridgehead atoms. The molecule has 74 valence electrons. The Morgan fingerprint density at radius 1 is 0.727 bits per heavy atom. The molecule has 0 amide bonds. The third-order valence-corrected chi connectivity index (χ3v) is 2.96. The quantitative estimate of drug-likeness (QED) is 0.582. The zero-order valence-corrected chi connectivity index (χ0v) is 10.1. The number of hydrogen-bond donors (Lipinski definition) is 2. The van der Waals surface area contributed by atoms with Crippen LogP contribution in [0.3, 0.4) is 0 Å².